The topological polar surface area (TPSA) is 43.1 Å². The van der Waals surface area contributed by atoms with E-state index in [2.05, 4.69) is 8.51 Å². The fraction of sp³-hybridized carbons (Fsp3) is 0.167. The van der Waals surface area contributed by atoms with Gasteiger partial charge in [-0.05, 0) is 0 Å². The molecular weight excluding hydrogens is 217 g/mol. The fourth-order valence-corrected chi connectivity index (χ4v) is 5.21. The third-order valence-electron chi connectivity index (χ3n) is 1.45. The summed E-state index contributed by atoms with van der Waals surface area (Å²) in [5.41, 5.74) is 5.09. The normalized spacial score (nSPS) is 16.1. The molecule has 0 saturated heterocycles. The molecular formula is C6H8InNO. The van der Waals surface area contributed by atoms with Crippen LogP contribution >= 0.6 is 0 Å². The van der Waals surface area contributed by atoms with Gasteiger partial charge in [0.05, 0.1) is 0 Å². The van der Waals surface area contributed by atoms with E-state index in [1.165, 1.54) is 0 Å². The van der Waals surface area contributed by atoms with Crippen molar-refractivity contribution in [3.8, 4) is 0 Å². The first kappa shape index (κ1) is 6.93. The summed E-state index contributed by atoms with van der Waals surface area (Å²) in [4.78, 5) is 10.6. The van der Waals surface area contributed by atoms with Crippen molar-refractivity contribution in [2.75, 3.05) is 0 Å². The van der Waals surface area contributed by atoms with Crippen molar-refractivity contribution in [2.24, 2.45) is 5.73 Å². The number of allylic oxidation sites excluding steroid dienone is 2. The van der Waals surface area contributed by atoms with E-state index in [1.54, 1.807) is 0 Å². The summed E-state index contributed by atoms with van der Waals surface area (Å²) in [6.45, 7) is 0. The minimum absolute atomic E-state index is 0.219. The van der Waals surface area contributed by atoms with Crippen molar-refractivity contribution >= 4 is 27.3 Å². The molecule has 1 amide bonds. The van der Waals surface area contributed by atoms with Crippen LogP contribution in [0.25, 0.3) is 0 Å². The SMILES string of the molecule is [CH3][In]1[CH]=CC=[C]1C(N)=O. The van der Waals surface area contributed by atoms with Crippen molar-refractivity contribution in [2.45, 2.75) is 4.68 Å². The first-order valence-corrected chi connectivity index (χ1v) is 9.74. The summed E-state index contributed by atoms with van der Waals surface area (Å²) in [6.07, 6.45) is 3.80. The van der Waals surface area contributed by atoms with Crippen LogP contribution in [-0.4, -0.2) is 27.3 Å². The number of rotatable bonds is 1. The van der Waals surface area contributed by atoms with Crippen LogP contribution in [0.5, 0.6) is 0 Å². The van der Waals surface area contributed by atoms with Gasteiger partial charge in [-0.15, -0.1) is 0 Å². The number of hydrogen-bond acceptors (Lipinski definition) is 1. The molecule has 0 unspecified atom stereocenters. The Morgan fingerprint density at radius 3 is 2.67 bits per heavy atom. The van der Waals surface area contributed by atoms with Crippen molar-refractivity contribution < 1.29 is 4.79 Å². The molecule has 3 heteroatoms. The van der Waals surface area contributed by atoms with Gasteiger partial charge in [-0.25, -0.2) is 0 Å². The minimum atomic E-state index is -1.64. The van der Waals surface area contributed by atoms with Crippen LogP contribution in [0.1, 0.15) is 0 Å². The maximum atomic E-state index is 10.6. The van der Waals surface area contributed by atoms with Crippen LogP contribution in [0.2, 0.25) is 4.68 Å². The Kier molecular flexibility index (Phi) is 2.01. The van der Waals surface area contributed by atoms with Crippen LogP contribution in [0, 0.1) is 0 Å². The van der Waals surface area contributed by atoms with Crippen molar-refractivity contribution in [1.82, 2.24) is 0 Å². The van der Waals surface area contributed by atoms with Gasteiger partial charge >= 0.3 is 61.9 Å². The summed E-state index contributed by atoms with van der Waals surface area (Å²) >= 11 is -1.64. The summed E-state index contributed by atoms with van der Waals surface area (Å²) in [6, 6.07) is 0. The number of amides is 1. The monoisotopic (exact) mass is 225 g/mol. The molecule has 46 valence electrons. The number of primary amides is 1. The average molecular weight is 225 g/mol. The van der Waals surface area contributed by atoms with Crippen molar-refractivity contribution in [3.63, 3.8) is 0 Å². The van der Waals surface area contributed by atoms with Gasteiger partial charge in [-0.3, -0.25) is 0 Å². The molecule has 0 aliphatic carbocycles. The molecule has 0 atom stereocenters. The molecule has 0 aromatic heterocycles. The fourth-order valence-electron chi connectivity index (χ4n) is 0.888. The van der Waals surface area contributed by atoms with Gasteiger partial charge in [0.1, 0.15) is 0 Å². The van der Waals surface area contributed by atoms with E-state index in [0.29, 0.717) is 0 Å². The number of hydrogen-bond donors (Lipinski definition) is 1. The molecule has 0 bridgehead atoms. The Balaban J connectivity index is 2.76. The molecule has 0 aromatic rings. The van der Waals surface area contributed by atoms with Gasteiger partial charge in [0.15, 0.2) is 0 Å². The molecule has 2 nitrogen and oxygen atoms in total. The average Bonchev–Trinajstić information content (AvgIpc) is 2.13. The zero-order chi connectivity index (χ0) is 6.85. The van der Waals surface area contributed by atoms with E-state index in [-0.39, 0.29) is 5.91 Å². The van der Waals surface area contributed by atoms with Gasteiger partial charge < -0.3 is 0 Å². The van der Waals surface area contributed by atoms with Crippen LogP contribution in [0.4, 0.5) is 0 Å². The molecule has 0 spiro atoms. The summed E-state index contributed by atoms with van der Waals surface area (Å²) < 4.78 is 5.22. The second kappa shape index (κ2) is 2.60. The summed E-state index contributed by atoms with van der Waals surface area (Å²) in [5.74, 6) is -0.219. The second-order valence-electron chi connectivity index (χ2n) is 2.16. The number of nitrogens with two attached hydrogens (primary N) is 1. The predicted octanol–water partition coefficient (Wildman–Crippen LogP) is 0.171. The van der Waals surface area contributed by atoms with Crippen LogP contribution in [0.3, 0.4) is 0 Å². The first-order valence-electron chi connectivity index (χ1n) is 2.90. The third kappa shape index (κ3) is 1.39. The standard InChI is InChI=1S/C5H5NO.CH3.In/c1-2-3-4-5(6)7;;/h1-3H,(H2,6,7);1H3;. The van der Waals surface area contributed by atoms with Gasteiger partial charge in [0.25, 0.3) is 0 Å². The van der Waals surface area contributed by atoms with Crippen molar-refractivity contribution in [3.05, 3.63) is 19.3 Å². The van der Waals surface area contributed by atoms with E-state index in [0.717, 1.165) is 3.33 Å². The van der Waals surface area contributed by atoms with Crippen LogP contribution < -0.4 is 5.73 Å². The third-order valence-corrected chi connectivity index (χ3v) is 7.89. The van der Waals surface area contributed by atoms with E-state index in [9.17, 15) is 4.79 Å². The Morgan fingerprint density at radius 2 is 2.44 bits per heavy atom. The molecule has 0 radical (unpaired) electrons. The van der Waals surface area contributed by atoms with Crippen LogP contribution in [-0.2, 0) is 4.79 Å². The molecule has 0 saturated carbocycles. The summed E-state index contributed by atoms with van der Waals surface area (Å²) in [7, 11) is 0. The molecule has 1 rings (SSSR count). The van der Waals surface area contributed by atoms with Gasteiger partial charge in [-0.2, -0.15) is 0 Å². The Hall–Kier alpha value is -0.180. The quantitative estimate of drug-likeness (QED) is 0.679. The van der Waals surface area contributed by atoms with Gasteiger partial charge in [-0.1, -0.05) is 0 Å². The van der Waals surface area contributed by atoms with Crippen LogP contribution in [0.15, 0.2) is 19.3 Å². The van der Waals surface area contributed by atoms with E-state index >= 15 is 0 Å². The summed E-state index contributed by atoms with van der Waals surface area (Å²) in [5, 5.41) is 0. The molecule has 0 fully saturated rings. The number of carbonyl (C=O) groups is 1. The molecule has 1 aliphatic rings. The second-order valence-corrected chi connectivity index (χ2v) is 9.54. The molecule has 1 heterocycles. The Labute approximate surface area is 62.0 Å². The molecule has 0 aromatic carbocycles. The maximum absolute atomic E-state index is 10.6. The Bertz CT molecular complexity index is 195. The molecule has 2 N–H and O–H groups in total. The predicted molar refractivity (Wildman–Crippen MR) is 38.0 cm³/mol. The van der Waals surface area contributed by atoms with E-state index in [1.807, 2.05) is 12.2 Å². The van der Waals surface area contributed by atoms with Crippen molar-refractivity contribution in [1.29, 1.82) is 0 Å². The molecule has 1 aliphatic heterocycles. The number of carbonyl (C=O) groups excluding carboxylic acids is 1. The van der Waals surface area contributed by atoms with E-state index in [4.69, 9.17) is 5.73 Å². The van der Waals surface area contributed by atoms with E-state index < -0.39 is 21.4 Å². The zero-order valence-corrected chi connectivity index (χ0v) is 8.59. The molecule has 9 heavy (non-hydrogen) atoms. The first-order chi connectivity index (χ1) is 4.22. The van der Waals surface area contributed by atoms with Gasteiger partial charge in [0, 0.05) is 0 Å². The Morgan fingerprint density at radius 1 is 1.78 bits per heavy atom. The van der Waals surface area contributed by atoms with Gasteiger partial charge in [0.2, 0.25) is 0 Å². The zero-order valence-electron chi connectivity index (χ0n) is 5.29.